The van der Waals surface area contributed by atoms with E-state index in [1.54, 1.807) is 6.07 Å². The Balaban J connectivity index is 1.72. The molecule has 0 fully saturated rings. The SMILES string of the molecule is Clc1cccc(NC(c2ccccc2)c2nnc(-c3ccccc3Cl)o2)c1. The second-order valence-electron chi connectivity index (χ2n) is 5.92. The first-order chi connectivity index (χ1) is 13.2. The van der Waals surface area contributed by atoms with Crippen LogP contribution in [0, 0.1) is 0 Å². The molecule has 0 aliphatic rings. The highest BCUT2D eigenvalue weighted by atomic mass is 35.5. The van der Waals surface area contributed by atoms with Crippen molar-refractivity contribution in [1.82, 2.24) is 10.2 Å². The van der Waals surface area contributed by atoms with Crippen molar-refractivity contribution in [2.24, 2.45) is 0 Å². The van der Waals surface area contributed by atoms with Gasteiger partial charge in [-0.2, -0.15) is 0 Å². The van der Waals surface area contributed by atoms with Crippen molar-refractivity contribution >= 4 is 28.9 Å². The number of hydrogen-bond acceptors (Lipinski definition) is 4. The molecule has 1 N–H and O–H groups in total. The normalized spacial score (nSPS) is 11.9. The first-order valence-corrected chi connectivity index (χ1v) is 9.11. The first kappa shape index (κ1) is 17.6. The molecule has 1 heterocycles. The summed E-state index contributed by atoms with van der Waals surface area (Å²) in [5, 5.41) is 13.1. The van der Waals surface area contributed by atoms with E-state index in [2.05, 4.69) is 15.5 Å². The summed E-state index contributed by atoms with van der Waals surface area (Å²) in [5.74, 6) is 0.820. The van der Waals surface area contributed by atoms with Crippen molar-refractivity contribution in [2.45, 2.75) is 6.04 Å². The number of nitrogens with zero attached hydrogens (tertiary/aromatic N) is 2. The summed E-state index contributed by atoms with van der Waals surface area (Å²) >= 11 is 12.4. The van der Waals surface area contributed by atoms with E-state index >= 15 is 0 Å². The first-order valence-electron chi connectivity index (χ1n) is 8.36. The lowest BCUT2D eigenvalue weighted by atomic mass is 10.1. The van der Waals surface area contributed by atoms with Gasteiger partial charge in [0, 0.05) is 10.7 Å². The van der Waals surface area contributed by atoms with E-state index in [-0.39, 0.29) is 6.04 Å². The Bertz CT molecular complexity index is 1050. The molecule has 0 saturated carbocycles. The average Bonchev–Trinajstić information content (AvgIpc) is 3.17. The third kappa shape index (κ3) is 3.97. The van der Waals surface area contributed by atoms with Crippen molar-refractivity contribution < 1.29 is 4.42 Å². The van der Waals surface area contributed by atoms with Crippen LogP contribution >= 0.6 is 23.2 Å². The zero-order valence-corrected chi connectivity index (χ0v) is 15.7. The highest BCUT2D eigenvalue weighted by Gasteiger charge is 2.22. The minimum atomic E-state index is -0.326. The minimum absolute atomic E-state index is 0.326. The lowest BCUT2D eigenvalue weighted by Gasteiger charge is -2.17. The van der Waals surface area contributed by atoms with Gasteiger partial charge < -0.3 is 9.73 Å². The molecule has 3 aromatic carbocycles. The molecule has 1 unspecified atom stereocenters. The maximum atomic E-state index is 6.25. The van der Waals surface area contributed by atoms with Gasteiger partial charge in [-0.1, -0.05) is 71.7 Å². The van der Waals surface area contributed by atoms with Crippen molar-refractivity contribution in [3.63, 3.8) is 0 Å². The molecule has 0 amide bonds. The van der Waals surface area contributed by atoms with Gasteiger partial charge in [0.1, 0.15) is 6.04 Å². The van der Waals surface area contributed by atoms with Crippen molar-refractivity contribution in [1.29, 1.82) is 0 Å². The quantitative estimate of drug-likeness (QED) is 0.434. The second-order valence-corrected chi connectivity index (χ2v) is 6.77. The van der Waals surface area contributed by atoms with Crippen LogP contribution in [0.2, 0.25) is 10.0 Å². The molecule has 0 saturated heterocycles. The second kappa shape index (κ2) is 7.82. The van der Waals surface area contributed by atoms with Gasteiger partial charge in [0.2, 0.25) is 11.8 Å². The van der Waals surface area contributed by atoms with E-state index in [1.807, 2.05) is 72.8 Å². The lowest BCUT2D eigenvalue weighted by Crippen LogP contribution is -2.12. The summed E-state index contributed by atoms with van der Waals surface area (Å²) < 4.78 is 5.97. The standard InChI is InChI=1S/C21H15Cl2N3O/c22-15-9-6-10-16(13-15)24-19(14-7-2-1-3-8-14)21-26-25-20(27-21)17-11-4-5-12-18(17)23/h1-13,19,24H. The summed E-state index contributed by atoms with van der Waals surface area (Å²) in [6.07, 6.45) is 0. The largest absolute Gasteiger partial charge is 0.418 e. The Morgan fingerprint density at radius 3 is 2.37 bits per heavy atom. The highest BCUT2D eigenvalue weighted by Crippen LogP contribution is 2.31. The van der Waals surface area contributed by atoms with Crippen LogP contribution in [0.4, 0.5) is 5.69 Å². The lowest BCUT2D eigenvalue weighted by molar-refractivity contribution is 0.494. The van der Waals surface area contributed by atoms with Gasteiger partial charge in [0.25, 0.3) is 0 Å². The average molecular weight is 396 g/mol. The summed E-state index contributed by atoms with van der Waals surface area (Å²) in [4.78, 5) is 0. The van der Waals surface area contributed by atoms with Gasteiger partial charge in [0.15, 0.2) is 0 Å². The molecule has 6 heteroatoms. The Hall–Kier alpha value is -2.82. The fourth-order valence-electron chi connectivity index (χ4n) is 2.77. The molecule has 0 aliphatic carbocycles. The van der Waals surface area contributed by atoms with E-state index < -0.39 is 0 Å². The van der Waals surface area contributed by atoms with Crippen LogP contribution in [0.15, 0.2) is 83.3 Å². The maximum absolute atomic E-state index is 6.25. The molecule has 0 radical (unpaired) electrons. The van der Waals surface area contributed by atoms with E-state index in [0.29, 0.717) is 27.4 Å². The summed E-state index contributed by atoms with van der Waals surface area (Å²) in [6, 6.07) is 24.4. The Labute approximate surface area is 166 Å². The zero-order chi connectivity index (χ0) is 18.6. The number of halogens is 2. The Kier molecular flexibility index (Phi) is 5.10. The third-order valence-electron chi connectivity index (χ3n) is 4.06. The molecule has 1 atom stereocenters. The van der Waals surface area contributed by atoms with E-state index in [4.69, 9.17) is 27.6 Å². The van der Waals surface area contributed by atoms with E-state index in [1.165, 1.54) is 0 Å². The molecule has 134 valence electrons. The number of hydrogen-bond donors (Lipinski definition) is 1. The van der Waals surface area contributed by atoms with E-state index in [0.717, 1.165) is 11.3 Å². The smallest absolute Gasteiger partial charge is 0.249 e. The third-order valence-corrected chi connectivity index (χ3v) is 4.63. The van der Waals surface area contributed by atoms with Crippen LogP contribution in [-0.4, -0.2) is 10.2 Å². The molecule has 27 heavy (non-hydrogen) atoms. The summed E-state index contributed by atoms with van der Waals surface area (Å²) in [7, 11) is 0. The van der Waals surface area contributed by atoms with Gasteiger partial charge in [-0.3, -0.25) is 0 Å². The van der Waals surface area contributed by atoms with Gasteiger partial charge >= 0.3 is 0 Å². The van der Waals surface area contributed by atoms with Crippen molar-refractivity contribution in [2.75, 3.05) is 5.32 Å². The Morgan fingerprint density at radius 2 is 1.59 bits per heavy atom. The summed E-state index contributed by atoms with van der Waals surface area (Å²) in [5.41, 5.74) is 2.55. The molecular weight excluding hydrogens is 381 g/mol. The van der Waals surface area contributed by atoms with E-state index in [9.17, 15) is 0 Å². The topological polar surface area (TPSA) is 51.0 Å². The fraction of sp³-hybridized carbons (Fsp3) is 0.0476. The van der Waals surface area contributed by atoms with Crippen LogP contribution in [0.25, 0.3) is 11.5 Å². The monoisotopic (exact) mass is 395 g/mol. The molecule has 4 nitrogen and oxygen atoms in total. The molecule has 0 aliphatic heterocycles. The predicted molar refractivity (Wildman–Crippen MR) is 108 cm³/mol. The summed E-state index contributed by atoms with van der Waals surface area (Å²) in [6.45, 7) is 0. The van der Waals surface area contributed by atoms with Crippen LogP contribution in [-0.2, 0) is 0 Å². The van der Waals surface area contributed by atoms with Crippen LogP contribution < -0.4 is 5.32 Å². The highest BCUT2D eigenvalue weighted by molar-refractivity contribution is 6.33. The van der Waals surface area contributed by atoms with Crippen molar-refractivity contribution in [3.05, 3.63) is 100 Å². The van der Waals surface area contributed by atoms with Gasteiger partial charge in [-0.05, 0) is 35.9 Å². The molecule has 0 bridgehead atoms. The predicted octanol–water partition coefficient (Wildman–Crippen LogP) is 6.24. The van der Waals surface area contributed by atoms with Crippen LogP contribution in [0.5, 0.6) is 0 Å². The number of aromatic nitrogens is 2. The molecule has 4 aromatic rings. The van der Waals surface area contributed by atoms with Gasteiger partial charge in [-0.15, -0.1) is 10.2 Å². The minimum Gasteiger partial charge on any atom is -0.418 e. The molecule has 0 spiro atoms. The number of rotatable bonds is 5. The maximum Gasteiger partial charge on any atom is 0.249 e. The zero-order valence-electron chi connectivity index (χ0n) is 14.1. The number of nitrogens with one attached hydrogen (secondary N) is 1. The fourth-order valence-corrected chi connectivity index (χ4v) is 3.18. The van der Waals surface area contributed by atoms with Gasteiger partial charge in [-0.25, -0.2) is 0 Å². The molecular formula is C21H15Cl2N3O. The van der Waals surface area contributed by atoms with Crippen molar-refractivity contribution in [3.8, 4) is 11.5 Å². The van der Waals surface area contributed by atoms with Gasteiger partial charge in [0.05, 0.1) is 10.6 Å². The van der Waals surface area contributed by atoms with Crippen LogP contribution in [0.3, 0.4) is 0 Å². The number of benzene rings is 3. The van der Waals surface area contributed by atoms with Crippen LogP contribution in [0.1, 0.15) is 17.5 Å². The molecule has 4 rings (SSSR count). The number of anilines is 1. The Morgan fingerprint density at radius 1 is 0.815 bits per heavy atom. The molecule has 1 aromatic heterocycles.